The molecule has 0 aliphatic rings. The zero-order chi connectivity index (χ0) is 22.0. The minimum Gasteiger partial charge on any atom is -0.466 e. The van der Waals surface area contributed by atoms with Crippen molar-refractivity contribution in [2.75, 3.05) is 6.61 Å². The topological polar surface area (TPSA) is 52.6 Å². The molecule has 1 unspecified atom stereocenters. The van der Waals surface area contributed by atoms with Gasteiger partial charge in [0.25, 0.3) is 0 Å². The lowest BCUT2D eigenvalue weighted by Crippen LogP contribution is -2.28. The van der Waals surface area contributed by atoms with E-state index >= 15 is 0 Å². The van der Waals surface area contributed by atoms with E-state index < -0.39 is 0 Å². The number of hydrogen-bond acceptors (Lipinski definition) is 4. The van der Waals surface area contributed by atoms with Gasteiger partial charge in [0.15, 0.2) is 0 Å². The molecule has 0 saturated carbocycles. The quantitative estimate of drug-likeness (QED) is 0.174. The zero-order valence-corrected chi connectivity index (χ0v) is 20.0. The number of esters is 2. The molecule has 0 fully saturated rings. The Morgan fingerprint density at radius 1 is 0.690 bits per heavy atom. The number of hydrogen-bond donors (Lipinski definition) is 0. The van der Waals surface area contributed by atoms with E-state index in [9.17, 15) is 9.59 Å². The van der Waals surface area contributed by atoms with Gasteiger partial charge in [0.2, 0.25) is 0 Å². The molecule has 0 radical (unpaired) electrons. The summed E-state index contributed by atoms with van der Waals surface area (Å²) in [4.78, 5) is 23.5. The van der Waals surface area contributed by atoms with Crippen LogP contribution in [-0.2, 0) is 19.1 Å². The molecule has 0 amide bonds. The summed E-state index contributed by atoms with van der Waals surface area (Å²) in [5, 5.41) is 0. The highest BCUT2D eigenvalue weighted by Crippen LogP contribution is 2.22. The number of carbonyl (C=O) groups excluding carboxylic acids is 2. The van der Waals surface area contributed by atoms with Crippen molar-refractivity contribution in [2.24, 2.45) is 5.41 Å². The average Bonchev–Trinajstić information content (AvgIpc) is 2.64. The van der Waals surface area contributed by atoms with E-state index in [4.69, 9.17) is 9.47 Å². The normalized spacial score (nSPS) is 12.6. The molecule has 1 atom stereocenters. The molecule has 0 heterocycles. The van der Waals surface area contributed by atoms with E-state index in [1.54, 1.807) is 0 Å². The molecule has 4 heteroatoms. The molecular weight excluding hydrogens is 364 g/mol. The molecule has 172 valence electrons. The van der Waals surface area contributed by atoms with Crippen LogP contribution in [0.15, 0.2) is 0 Å². The predicted octanol–water partition coefficient (Wildman–Crippen LogP) is 7.38. The highest BCUT2D eigenvalue weighted by molar-refractivity contribution is 5.72. The summed E-state index contributed by atoms with van der Waals surface area (Å²) in [6, 6.07) is 0. The number of rotatable bonds is 18. The molecular formula is C25H48O4. The van der Waals surface area contributed by atoms with Crippen molar-refractivity contribution in [1.29, 1.82) is 0 Å². The number of ether oxygens (including phenoxy) is 2. The molecule has 29 heavy (non-hydrogen) atoms. The van der Waals surface area contributed by atoms with Gasteiger partial charge in [0, 0.05) is 12.8 Å². The first-order valence-corrected chi connectivity index (χ1v) is 12.1. The Hall–Kier alpha value is -1.06. The van der Waals surface area contributed by atoms with E-state index in [1.165, 1.54) is 64.2 Å². The van der Waals surface area contributed by atoms with Crippen LogP contribution < -0.4 is 0 Å². The summed E-state index contributed by atoms with van der Waals surface area (Å²) < 4.78 is 10.6. The first-order valence-electron chi connectivity index (χ1n) is 12.1. The minimum absolute atomic E-state index is 0.0666. The molecule has 0 aliphatic heterocycles. The molecule has 0 rings (SSSR count). The smallest absolute Gasteiger partial charge is 0.306 e. The highest BCUT2D eigenvalue weighted by Gasteiger charge is 2.23. The fourth-order valence-electron chi connectivity index (χ4n) is 3.01. The van der Waals surface area contributed by atoms with Crippen LogP contribution in [0.3, 0.4) is 0 Å². The van der Waals surface area contributed by atoms with Crippen LogP contribution in [0, 0.1) is 5.41 Å². The lowest BCUT2D eigenvalue weighted by atomic mass is 9.90. The minimum atomic E-state index is -0.235. The lowest BCUT2D eigenvalue weighted by molar-refractivity contribution is -0.153. The Morgan fingerprint density at radius 3 is 1.62 bits per heavy atom. The lowest BCUT2D eigenvalue weighted by Gasteiger charge is -2.26. The third kappa shape index (κ3) is 18.7. The van der Waals surface area contributed by atoms with E-state index in [2.05, 4.69) is 6.92 Å². The van der Waals surface area contributed by atoms with Crippen LogP contribution in [0.1, 0.15) is 131 Å². The molecule has 0 bridgehead atoms. The standard InChI is InChI=1S/C25H48O4/c1-6-7-8-9-10-11-12-13-14-15-16-17-21-28-23(26)19-18-20-24(27)29-22(2)25(3,4)5/h22H,6-21H2,1-5H3. The van der Waals surface area contributed by atoms with Crippen LogP contribution in [0.5, 0.6) is 0 Å². The molecule has 0 saturated heterocycles. The SMILES string of the molecule is CCCCCCCCCCCCCCOC(=O)CCCC(=O)OC(C)C(C)(C)C. The third-order valence-corrected chi connectivity index (χ3v) is 5.55. The Kier molecular flexibility index (Phi) is 17.1. The van der Waals surface area contributed by atoms with Gasteiger partial charge >= 0.3 is 11.9 Å². The Balaban J connectivity index is 3.41. The van der Waals surface area contributed by atoms with E-state index in [1.807, 2.05) is 27.7 Å². The first kappa shape index (κ1) is 27.9. The van der Waals surface area contributed by atoms with Crippen LogP contribution in [0.25, 0.3) is 0 Å². The van der Waals surface area contributed by atoms with Crippen molar-refractivity contribution in [3.63, 3.8) is 0 Å². The van der Waals surface area contributed by atoms with E-state index in [0.29, 0.717) is 13.0 Å². The van der Waals surface area contributed by atoms with Gasteiger partial charge in [0.1, 0.15) is 6.10 Å². The van der Waals surface area contributed by atoms with Crippen LogP contribution in [0.2, 0.25) is 0 Å². The second-order valence-corrected chi connectivity index (χ2v) is 9.46. The van der Waals surface area contributed by atoms with E-state index in [-0.39, 0.29) is 36.3 Å². The monoisotopic (exact) mass is 412 g/mol. The van der Waals surface area contributed by atoms with Crippen molar-refractivity contribution in [2.45, 2.75) is 137 Å². The molecule has 0 aliphatic carbocycles. The van der Waals surface area contributed by atoms with Gasteiger partial charge in [-0.1, -0.05) is 98.3 Å². The highest BCUT2D eigenvalue weighted by atomic mass is 16.5. The maximum atomic E-state index is 11.8. The molecule has 0 N–H and O–H groups in total. The summed E-state index contributed by atoms with van der Waals surface area (Å²) in [7, 11) is 0. The van der Waals surface area contributed by atoms with Crippen molar-refractivity contribution < 1.29 is 19.1 Å². The molecule has 4 nitrogen and oxygen atoms in total. The van der Waals surface area contributed by atoms with Gasteiger partial charge < -0.3 is 9.47 Å². The summed E-state index contributed by atoms with van der Waals surface area (Å²) in [5.41, 5.74) is -0.0666. The fourth-order valence-corrected chi connectivity index (χ4v) is 3.01. The Labute approximate surface area is 180 Å². The Bertz CT molecular complexity index is 412. The van der Waals surface area contributed by atoms with Gasteiger partial charge in [-0.05, 0) is 25.2 Å². The van der Waals surface area contributed by atoms with Crippen LogP contribution in [0.4, 0.5) is 0 Å². The molecule has 0 aromatic carbocycles. The van der Waals surface area contributed by atoms with Crippen molar-refractivity contribution in [3.05, 3.63) is 0 Å². The van der Waals surface area contributed by atoms with Gasteiger partial charge in [-0.15, -0.1) is 0 Å². The zero-order valence-electron chi connectivity index (χ0n) is 20.0. The number of unbranched alkanes of at least 4 members (excludes halogenated alkanes) is 11. The van der Waals surface area contributed by atoms with E-state index in [0.717, 1.165) is 12.8 Å². The van der Waals surface area contributed by atoms with Gasteiger partial charge in [-0.2, -0.15) is 0 Å². The average molecular weight is 413 g/mol. The molecule has 0 spiro atoms. The largest absolute Gasteiger partial charge is 0.466 e. The van der Waals surface area contributed by atoms with Gasteiger partial charge in [-0.25, -0.2) is 0 Å². The number of carbonyl (C=O) groups is 2. The fraction of sp³-hybridized carbons (Fsp3) is 0.920. The maximum Gasteiger partial charge on any atom is 0.306 e. The maximum absolute atomic E-state index is 11.8. The third-order valence-electron chi connectivity index (χ3n) is 5.55. The van der Waals surface area contributed by atoms with Crippen molar-refractivity contribution in [3.8, 4) is 0 Å². The van der Waals surface area contributed by atoms with Gasteiger partial charge in [-0.3, -0.25) is 9.59 Å². The van der Waals surface area contributed by atoms with Crippen LogP contribution in [-0.4, -0.2) is 24.6 Å². The summed E-state index contributed by atoms with van der Waals surface area (Å²) in [6.45, 7) is 10.8. The summed E-state index contributed by atoms with van der Waals surface area (Å²) in [5.74, 6) is -0.439. The molecule has 0 aromatic heterocycles. The van der Waals surface area contributed by atoms with Crippen LogP contribution >= 0.6 is 0 Å². The second kappa shape index (κ2) is 17.8. The summed E-state index contributed by atoms with van der Waals surface area (Å²) in [6.07, 6.45) is 16.5. The van der Waals surface area contributed by atoms with Crippen molar-refractivity contribution >= 4 is 11.9 Å². The predicted molar refractivity (Wildman–Crippen MR) is 121 cm³/mol. The second-order valence-electron chi connectivity index (χ2n) is 9.46. The summed E-state index contributed by atoms with van der Waals surface area (Å²) >= 11 is 0. The van der Waals surface area contributed by atoms with Gasteiger partial charge in [0.05, 0.1) is 6.61 Å². The Morgan fingerprint density at radius 2 is 1.14 bits per heavy atom. The van der Waals surface area contributed by atoms with Crippen molar-refractivity contribution in [1.82, 2.24) is 0 Å². The molecule has 0 aromatic rings. The first-order chi connectivity index (χ1) is 13.8.